The fraction of sp³-hybridized carbons (Fsp3) is 0.500. The average Bonchev–Trinajstić information content (AvgIpc) is 3.07. The van der Waals surface area contributed by atoms with Gasteiger partial charge in [0.2, 0.25) is 5.91 Å². The first-order chi connectivity index (χ1) is 10.7. The molecule has 3 rings (SSSR count). The van der Waals surface area contributed by atoms with E-state index in [1.54, 1.807) is 0 Å². The van der Waals surface area contributed by atoms with Crippen LogP contribution in [0.15, 0.2) is 24.3 Å². The van der Waals surface area contributed by atoms with Gasteiger partial charge in [0.1, 0.15) is 17.6 Å². The zero-order valence-electron chi connectivity index (χ0n) is 13.2. The minimum atomic E-state index is 0.0310. The Morgan fingerprint density at radius 3 is 3.05 bits per heavy atom. The Hall–Kier alpha value is -1.97. The van der Waals surface area contributed by atoms with Gasteiger partial charge in [0.25, 0.3) is 0 Å². The number of rotatable bonds is 5. The highest BCUT2D eigenvalue weighted by atomic mass is 16.5. The number of amides is 1. The Labute approximate surface area is 131 Å². The SMILES string of the molecule is CCOc1cc2c(cc1NC(=O)CC1C=CCC1)OC(C)C2. The van der Waals surface area contributed by atoms with E-state index in [0.29, 0.717) is 24.6 Å². The normalized spacial score (nSPS) is 22.3. The number of hydrogen-bond donors (Lipinski definition) is 1. The van der Waals surface area contributed by atoms with E-state index >= 15 is 0 Å². The second-order valence-corrected chi connectivity index (χ2v) is 6.04. The lowest BCUT2D eigenvalue weighted by Gasteiger charge is -2.14. The van der Waals surface area contributed by atoms with Crippen LogP contribution in [0.3, 0.4) is 0 Å². The number of allylic oxidation sites excluding steroid dienone is 2. The van der Waals surface area contributed by atoms with Gasteiger partial charge in [0.15, 0.2) is 0 Å². The van der Waals surface area contributed by atoms with Crippen LogP contribution in [0.1, 0.15) is 38.7 Å². The molecule has 0 bridgehead atoms. The Morgan fingerprint density at radius 2 is 2.32 bits per heavy atom. The zero-order chi connectivity index (χ0) is 15.5. The molecule has 1 aliphatic carbocycles. The highest BCUT2D eigenvalue weighted by molar-refractivity contribution is 5.93. The molecule has 0 spiro atoms. The Kier molecular flexibility index (Phi) is 4.36. The van der Waals surface area contributed by atoms with Crippen molar-refractivity contribution in [1.29, 1.82) is 0 Å². The van der Waals surface area contributed by atoms with Gasteiger partial charge in [-0.05, 0) is 38.7 Å². The highest BCUT2D eigenvalue weighted by Crippen LogP contribution is 2.38. The molecule has 1 aromatic carbocycles. The molecule has 0 fully saturated rings. The average molecular weight is 301 g/mol. The molecule has 2 unspecified atom stereocenters. The van der Waals surface area contributed by atoms with Crippen molar-refractivity contribution in [3.8, 4) is 11.5 Å². The van der Waals surface area contributed by atoms with Gasteiger partial charge < -0.3 is 14.8 Å². The van der Waals surface area contributed by atoms with Crippen molar-refractivity contribution in [2.45, 2.75) is 45.6 Å². The third-order valence-corrected chi connectivity index (χ3v) is 4.13. The van der Waals surface area contributed by atoms with Crippen molar-refractivity contribution in [3.05, 3.63) is 29.8 Å². The van der Waals surface area contributed by atoms with Crippen LogP contribution in [0.5, 0.6) is 11.5 Å². The minimum absolute atomic E-state index is 0.0310. The smallest absolute Gasteiger partial charge is 0.225 e. The van der Waals surface area contributed by atoms with Crippen LogP contribution in [-0.4, -0.2) is 18.6 Å². The molecular formula is C18H23NO3. The number of ether oxygens (including phenoxy) is 2. The molecule has 2 atom stereocenters. The number of nitrogens with one attached hydrogen (secondary N) is 1. The maximum Gasteiger partial charge on any atom is 0.225 e. The van der Waals surface area contributed by atoms with E-state index < -0.39 is 0 Å². The molecule has 0 saturated heterocycles. The lowest BCUT2D eigenvalue weighted by Crippen LogP contribution is -2.15. The fourth-order valence-corrected chi connectivity index (χ4v) is 3.12. The van der Waals surface area contributed by atoms with Crippen LogP contribution in [-0.2, 0) is 11.2 Å². The van der Waals surface area contributed by atoms with Crippen molar-refractivity contribution in [1.82, 2.24) is 0 Å². The van der Waals surface area contributed by atoms with E-state index in [1.807, 2.05) is 26.0 Å². The Balaban J connectivity index is 1.75. The molecular weight excluding hydrogens is 278 g/mol. The summed E-state index contributed by atoms with van der Waals surface area (Å²) in [5, 5.41) is 2.99. The molecule has 1 aromatic rings. The summed E-state index contributed by atoms with van der Waals surface area (Å²) in [6.45, 7) is 4.57. The standard InChI is InChI=1S/C18H23NO3/c1-3-21-17-10-14-8-12(2)22-16(14)11-15(17)19-18(20)9-13-6-4-5-7-13/h4,6,10-13H,3,5,7-9H2,1-2H3,(H,19,20). The third-order valence-electron chi connectivity index (χ3n) is 4.13. The predicted molar refractivity (Wildman–Crippen MR) is 86.5 cm³/mol. The predicted octanol–water partition coefficient (Wildman–Crippen LogP) is 3.70. The summed E-state index contributed by atoms with van der Waals surface area (Å²) >= 11 is 0. The van der Waals surface area contributed by atoms with Gasteiger partial charge in [-0.15, -0.1) is 0 Å². The second-order valence-electron chi connectivity index (χ2n) is 6.04. The summed E-state index contributed by atoms with van der Waals surface area (Å²) in [6.07, 6.45) is 8.01. The van der Waals surface area contributed by atoms with Crippen molar-refractivity contribution < 1.29 is 14.3 Å². The number of carbonyl (C=O) groups is 1. The first-order valence-corrected chi connectivity index (χ1v) is 8.08. The van der Waals surface area contributed by atoms with E-state index in [1.165, 1.54) is 0 Å². The first kappa shape index (κ1) is 14.9. The molecule has 4 nitrogen and oxygen atoms in total. The molecule has 0 saturated carbocycles. The number of anilines is 1. The maximum absolute atomic E-state index is 12.2. The lowest BCUT2D eigenvalue weighted by molar-refractivity contribution is -0.116. The molecule has 0 radical (unpaired) electrons. The van der Waals surface area contributed by atoms with Crippen LogP contribution in [0, 0.1) is 5.92 Å². The summed E-state index contributed by atoms with van der Waals surface area (Å²) in [4.78, 5) is 12.2. The Bertz CT molecular complexity index is 594. The van der Waals surface area contributed by atoms with Crippen LogP contribution < -0.4 is 14.8 Å². The van der Waals surface area contributed by atoms with Crippen LogP contribution >= 0.6 is 0 Å². The van der Waals surface area contributed by atoms with Gasteiger partial charge in [-0.25, -0.2) is 0 Å². The van der Waals surface area contributed by atoms with Crippen LogP contribution in [0.4, 0.5) is 5.69 Å². The van der Waals surface area contributed by atoms with E-state index in [-0.39, 0.29) is 12.0 Å². The quantitative estimate of drug-likeness (QED) is 0.844. The van der Waals surface area contributed by atoms with E-state index in [4.69, 9.17) is 9.47 Å². The van der Waals surface area contributed by atoms with E-state index in [0.717, 1.165) is 36.3 Å². The number of fused-ring (bicyclic) bond motifs is 1. The third kappa shape index (κ3) is 3.26. The molecule has 1 N–H and O–H groups in total. The fourth-order valence-electron chi connectivity index (χ4n) is 3.12. The monoisotopic (exact) mass is 301 g/mol. The van der Waals surface area contributed by atoms with Crippen LogP contribution in [0.25, 0.3) is 0 Å². The number of hydrogen-bond acceptors (Lipinski definition) is 3. The van der Waals surface area contributed by atoms with Crippen molar-refractivity contribution in [3.63, 3.8) is 0 Å². The van der Waals surface area contributed by atoms with Crippen molar-refractivity contribution in [2.75, 3.05) is 11.9 Å². The molecule has 4 heteroatoms. The number of carbonyl (C=O) groups excluding carboxylic acids is 1. The first-order valence-electron chi connectivity index (χ1n) is 8.08. The van der Waals surface area contributed by atoms with Gasteiger partial charge in [-0.1, -0.05) is 12.2 Å². The summed E-state index contributed by atoms with van der Waals surface area (Å²) in [6, 6.07) is 3.89. The van der Waals surface area contributed by atoms with Gasteiger partial charge >= 0.3 is 0 Å². The molecule has 2 aliphatic rings. The summed E-state index contributed by atoms with van der Waals surface area (Å²) in [7, 11) is 0. The summed E-state index contributed by atoms with van der Waals surface area (Å²) in [5.74, 6) is 1.98. The molecule has 22 heavy (non-hydrogen) atoms. The van der Waals surface area contributed by atoms with Gasteiger partial charge in [0, 0.05) is 24.5 Å². The molecule has 1 heterocycles. The van der Waals surface area contributed by atoms with E-state index in [2.05, 4.69) is 17.5 Å². The highest BCUT2D eigenvalue weighted by Gasteiger charge is 2.23. The van der Waals surface area contributed by atoms with Crippen LogP contribution in [0.2, 0.25) is 0 Å². The van der Waals surface area contributed by atoms with Gasteiger partial charge in [-0.2, -0.15) is 0 Å². The van der Waals surface area contributed by atoms with Gasteiger partial charge in [-0.3, -0.25) is 4.79 Å². The maximum atomic E-state index is 12.2. The number of benzene rings is 1. The summed E-state index contributed by atoms with van der Waals surface area (Å²) < 4.78 is 11.5. The lowest BCUT2D eigenvalue weighted by atomic mass is 10.0. The molecule has 1 amide bonds. The minimum Gasteiger partial charge on any atom is -0.492 e. The molecule has 118 valence electrons. The van der Waals surface area contributed by atoms with Crippen molar-refractivity contribution >= 4 is 11.6 Å². The summed E-state index contributed by atoms with van der Waals surface area (Å²) in [5.41, 5.74) is 1.86. The topological polar surface area (TPSA) is 47.6 Å². The Morgan fingerprint density at radius 1 is 1.45 bits per heavy atom. The largest absolute Gasteiger partial charge is 0.492 e. The second kappa shape index (κ2) is 6.42. The zero-order valence-corrected chi connectivity index (χ0v) is 13.2. The molecule has 1 aliphatic heterocycles. The van der Waals surface area contributed by atoms with Crippen molar-refractivity contribution in [2.24, 2.45) is 5.92 Å². The molecule has 0 aromatic heterocycles. The van der Waals surface area contributed by atoms with Gasteiger partial charge in [0.05, 0.1) is 12.3 Å². The van der Waals surface area contributed by atoms with E-state index in [9.17, 15) is 4.79 Å².